The first kappa shape index (κ1) is 20.4. The van der Waals surface area contributed by atoms with Crippen molar-refractivity contribution in [3.05, 3.63) is 58.9 Å². The monoisotopic (exact) mass is 403 g/mol. The molecule has 0 fully saturated rings. The van der Waals surface area contributed by atoms with Crippen LogP contribution in [0, 0.1) is 0 Å². The van der Waals surface area contributed by atoms with Crippen LogP contribution in [0.3, 0.4) is 0 Å². The van der Waals surface area contributed by atoms with E-state index in [1.54, 1.807) is 0 Å². The van der Waals surface area contributed by atoms with E-state index in [1.165, 1.54) is 30.5 Å². The van der Waals surface area contributed by atoms with Gasteiger partial charge < -0.3 is 19.1 Å². The van der Waals surface area contributed by atoms with Gasteiger partial charge in [-0.2, -0.15) is 0 Å². The van der Waals surface area contributed by atoms with E-state index in [1.807, 2.05) is 0 Å². The van der Waals surface area contributed by atoms with Crippen LogP contribution in [0.4, 0.5) is 18.9 Å². The molecule has 0 aromatic heterocycles. The Kier molecular flexibility index (Phi) is 6.17. The summed E-state index contributed by atoms with van der Waals surface area (Å²) in [6.07, 6.45) is 0.342. The molecular formula is C17H13ClF3NO5. The summed E-state index contributed by atoms with van der Waals surface area (Å²) < 4.78 is 51.7. The SMILES string of the molecule is COC(=O)C1=C(C(=O)OC)N(c2cc(Cl)ccc2OC(F)(F)F)C=CC=C1. The number of halogens is 4. The quantitative estimate of drug-likeness (QED) is 0.714. The fraction of sp³-hybridized carbons (Fsp3) is 0.176. The van der Waals surface area contributed by atoms with Crippen molar-refractivity contribution in [3.8, 4) is 5.75 Å². The molecule has 0 saturated heterocycles. The van der Waals surface area contributed by atoms with E-state index >= 15 is 0 Å². The lowest BCUT2D eigenvalue weighted by atomic mass is 10.1. The summed E-state index contributed by atoms with van der Waals surface area (Å²) in [5.74, 6) is -2.51. The number of hydrogen-bond donors (Lipinski definition) is 0. The molecule has 0 atom stereocenters. The van der Waals surface area contributed by atoms with Gasteiger partial charge in [-0.25, -0.2) is 9.59 Å². The largest absolute Gasteiger partial charge is 0.573 e. The molecule has 0 aliphatic carbocycles. The van der Waals surface area contributed by atoms with Crippen LogP contribution in [0.1, 0.15) is 0 Å². The minimum absolute atomic E-state index is 0.0777. The predicted octanol–water partition coefficient (Wildman–Crippen LogP) is 3.73. The Balaban J connectivity index is 2.72. The van der Waals surface area contributed by atoms with Gasteiger partial charge in [0.25, 0.3) is 0 Å². The van der Waals surface area contributed by atoms with Gasteiger partial charge in [0.1, 0.15) is 5.70 Å². The smallest absolute Gasteiger partial charge is 0.465 e. The Morgan fingerprint density at radius 2 is 1.74 bits per heavy atom. The minimum Gasteiger partial charge on any atom is -0.465 e. The second kappa shape index (κ2) is 8.17. The molecule has 1 heterocycles. The molecule has 6 nitrogen and oxygen atoms in total. The van der Waals surface area contributed by atoms with Crippen molar-refractivity contribution in [2.45, 2.75) is 6.36 Å². The van der Waals surface area contributed by atoms with Crippen molar-refractivity contribution in [3.63, 3.8) is 0 Å². The summed E-state index contributed by atoms with van der Waals surface area (Å²) in [6, 6.07) is 3.33. The number of benzene rings is 1. The van der Waals surface area contributed by atoms with Crippen LogP contribution in [0.2, 0.25) is 5.02 Å². The number of ether oxygens (including phenoxy) is 3. The van der Waals surface area contributed by atoms with Crippen molar-refractivity contribution < 1.29 is 37.0 Å². The third kappa shape index (κ3) is 4.82. The highest BCUT2D eigenvalue weighted by molar-refractivity contribution is 6.31. The number of methoxy groups -OCH3 is 2. The highest BCUT2D eigenvalue weighted by atomic mass is 35.5. The molecule has 10 heteroatoms. The van der Waals surface area contributed by atoms with Crippen molar-refractivity contribution >= 4 is 29.2 Å². The molecule has 144 valence electrons. The number of hydrogen-bond acceptors (Lipinski definition) is 6. The topological polar surface area (TPSA) is 65.1 Å². The lowest BCUT2D eigenvalue weighted by Crippen LogP contribution is -2.28. The Morgan fingerprint density at radius 3 is 2.33 bits per heavy atom. The summed E-state index contributed by atoms with van der Waals surface area (Å²) in [7, 11) is 2.16. The number of carbonyl (C=O) groups is 2. The number of alkyl halides is 3. The summed E-state index contributed by atoms with van der Waals surface area (Å²) in [6.45, 7) is 0. The van der Waals surface area contributed by atoms with Crippen LogP contribution >= 0.6 is 11.6 Å². The zero-order chi connectivity index (χ0) is 20.2. The van der Waals surface area contributed by atoms with Gasteiger partial charge in [0.15, 0.2) is 5.75 Å². The van der Waals surface area contributed by atoms with E-state index in [-0.39, 0.29) is 22.0 Å². The highest BCUT2D eigenvalue weighted by Gasteiger charge is 2.35. The molecule has 0 spiro atoms. The lowest BCUT2D eigenvalue weighted by molar-refractivity contribution is -0.274. The van der Waals surface area contributed by atoms with Gasteiger partial charge in [-0.3, -0.25) is 0 Å². The van der Waals surface area contributed by atoms with Crippen molar-refractivity contribution in [2.24, 2.45) is 0 Å². The molecule has 27 heavy (non-hydrogen) atoms. The van der Waals surface area contributed by atoms with Crippen molar-refractivity contribution in [1.29, 1.82) is 0 Å². The maximum absolute atomic E-state index is 12.8. The first-order valence-electron chi connectivity index (χ1n) is 7.28. The molecule has 1 aliphatic rings. The molecule has 0 N–H and O–H groups in total. The van der Waals surface area contributed by atoms with E-state index in [0.29, 0.717) is 0 Å². The van der Waals surface area contributed by atoms with Gasteiger partial charge in [-0.1, -0.05) is 17.7 Å². The van der Waals surface area contributed by atoms with Crippen LogP contribution in [-0.4, -0.2) is 32.5 Å². The number of rotatable bonds is 4. The zero-order valence-corrected chi connectivity index (χ0v) is 14.8. The Labute approximate surface area is 157 Å². The van der Waals surface area contributed by atoms with Gasteiger partial charge in [-0.05, 0) is 30.4 Å². The Hall–Kier alpha value is -2.94. The summed E-state index contributed by atoms with van der Waals surface area (Å²) in [4.78, 5) is 25.4. The van der Waals surface area contributed by atoms with E-state index in [4.69, 9.17) is 11.6 Å². The van der Waals surface area contributed by atoms with Crippen LogP contribution in [0.25, 0.3) is 0 Å². The van der Waals surface area contributed by atoms with Crippen molar-refractivity contribution in [2.75, 3.05) is 19.1 Å². The maximum atomic E-state index is 12.8. The number of carbonyl (C=O) groups excluding carboxylic acids is 2. The zero-order valence-electron chi connectivity index (χ0n) is 14.0. The van der Waals surface area contributed by atoms with E-state index in [9.17, 15) is 22.8 Å². The van der Waals surface area contributed by atoms with Crippen LogP contribution in [0.15, 0.2) is 53.9 Å². The fourth-order valence-electron chi connectivity index (χ4n) is 2.24. The molecular weight excluding hydrogens is 391 g/mol. The highest BCUT2D eigenvalue weighted by Crippen LogP contribution is 2.38. The summed E-state index contributed by atoms with van der Waals surface area (Å²) in [5, 5.41) is 0.0777. The number of anilines is 1. The maximum Gasteiger partial charge on any atom is 0.573 e. The number of esters is 2. The molecule has 0 amide bonds. The van der Waals surface area contributed by atoms with Crippen molar-refractivity contribution in [1.82, 2.24) is 0 Å². The number of nitrogens with zero attached hydrogens (tertiary/aromatic N) is 1. The second-order valence-corrected chi connectivity index (χ2v) is 5.41. The van der Waals surface area contributed by atoms with Gasteiger partial charge in [-0.15, -0.1) is 13.2 Å². The predicted molar refractivity (Wildman–Crippen MR) is 90.0 cm³/mol. The Morgan fingerprint density at radius 1 is 1.07 bits per heavy atom. The molecule has 1 aromatic carbocycles. The summed E-state index contributed by atoms with van der Waals surface area (Å²) >= 11 is 5.91. The van der Waals surface area contributed by atoms with E-state index in [0.717, 1.165) is 31.3 Å². The van der Waals surface area contributed by atoms with Crippen LogP contribution < -0.4 is 9.64 Å². The molecule has 1 aromatic rings. The van der Waals surface area contributed by atoms with Gasteiger partial charge in [0.05, 0.1) is 25.5 Å². The normalized spacial score (nSPS) is 14.1. The second-order valence-electron chi connectivity index (χ2n) is 4.98. The minimum atomic E-state index is -4.99. The summed E-state index contributed by atoms with van der Waals surface area (Å²) in [5.41, 5.74) is -0.836. The van der Waals surface area contributed by atoms with Gasteiger partial charge >= 0.3 is 18.3 Å². The fourth-order valence-corrected chi connectivity index (χ4v) is 2.41. The Bertz CT molecular complexity index is 845. The molecule has 1 aliphatic heterocycles. The average Bonchev–Trinajstić information content (AvgIpc) is 2.83. The average molecular weight is 404 g/mol. The van der Waals surface area contributed by atoms with E-state index in [2.05, 4.69) is 14.2 Å². The van der Waals surface area contributed by atoms with Gasteiger partial charge in [0.2, 0.25) is 0 Å². The molecule has 0 bridgehead atoms. The molecule has 0 saturated carbocycles. The molecule has 0 unspecified atom stereocenters. The third-order valence-corrected chi connectivity index (χ3v) is 3.53. The first-order chi connectivity index (χ1) is 12.7. The molecule has 0 radical (unpaired) electrons. The third-order valence-electron chi connectivity index (χ3n) is 3.30. The van der Waals surface area contributed by atoms with Crippen LogP contribution in [-0.2, 0) is 19.1 Å². The standard InChI is InChI=1S/C17H13ClF3NO5/c1-25-15(23)11-5-3-4-8-22(14(11)16(24)26-2)12-9-10(18)6-7-13(12)27-17(19,20)21/h3-9H,1-2H3. The van der Waals surface area contributed by atoms with Crippen LogP contribution in [0.5, 0.6) is 5.75 Å². The number of allylic oxidation sites excluding steroid dienone is 2. The lowest BCUT2D eigenvalue weighted by Gasteiger charge is -2.25. The molecule has 2 rings (SSSR count). The van der Waals surface area contributed by atoms with Gasteiger partial charge in [0, 0.05) is 11.2 Å². The first-order valence-corrected chi connectivity index (χ1v) is 7.66. The van der Waals surface area contributed by atoms with E-state index < -0.39 is 24.1 Å².